The third-order valence-electron chi connectivity index (χ3n) is 3.37. The predicted molar refractivity (Wildman–Crippen MR) is 71.2 cm³/mol. The van der Waals surface area contributed by atoms with E-state index in [2.05, 4.69) is 17.6 Å². The SMILES string of the molecule is CCC(C)NCC(=O)NCC(=O)N1CCCCC1. The van der Waals surface area contributed by atoms with Gasteiger partial charge in [0, 0.05) is 19.1 Å². The zero-order valence-corrected chi connectivity index (χ0v) is 11.5. The van der Waals surface area contributed by atoms with Crippen molar-refractivity contribution in [3.8, 4) is 0 Å². The Morgan fingerprint density at radius 2 is 1.83 bits per heavy atom. The second-order valence-corrected chi connectivity index (χ2v) is 4.91. The van der Waals surface area contributed by atoms with E-state index in [0.29, 0.717) is 6.04 Å². The average molecular weight is 255 g/mol. The molecule has 0 aromatic rings. The molecule has 0 aromatic heterocycles. The van der Waals surface area contributed by atoms with Crippen LogP contribution < -0.4 is 10.6 Å². The minimum atomic E-state index is -0.111. The summed E-state index contributed by atoms with van der Waals surface area (Å²) in [5.41, 5.74) is 0. The topological polar surface area (TPSA) is 61.4 Å². The largest absolute Gasteiger partial charge is 0.346 e. The van der Waals surface area contributed by atoms with Crippen molar-refractivity contribution >= 4 is 11.8 Å². The first-order chi connectivity index (χ1) is 8.63. The van der Waals surface area contributed by atoms with Crippen molar-refractivity contribution in [3.63, 3.8) is 0 Å². The maximum Gasteiger partial charge on any atom is 0.241 e. The summed E-state index contributed by atoms with van der Waals surface area (Å²) in [6, 6.07) is 0.327. The molecular weight excluding hydrogens is 230 g/mol. The van der Waals surface area contributed by atoms with Gasteiger partial charge in [0.15, 0.2) is 0 Å². The van der Waals surface area contributed by atoms with Gasteiger partial charge in [-0.2, -0.15) is 0 Å². The van der Waals surface area contributed by atoms with E-state index in [9.17, 15) is 9.59 Å². The quantitative estimate of drug-likeness (QED) is 0.726. The summed E-state index contributed by atoms with van der Waals surface area (Å²) >= 11 is 0. The van der Waals surface area contributed by atoms with Crippen molar-refractivity contribution in [2.45, 2.75) is 45.6 Å². The van der Waals surface area contributed by atoms with Crippen molar-refractivity contribution in [1.29, 1.82) is 0 Å². The number of carbonyl (C=O) groups is 2. The number of rotatable bonds is 6. The monoisotopic (exact) mass is 255 g/mol. The fraction of sp³-hybridized carbons (Fsp3) is 0.846. The molecule has 18 heavy (non-hydrogen) atoms. The molecule has 1 fully saturated rings. The first-order valence-electron chi connectivity index (χ1n) is 6.91. The Morgan fingerprint density at radius 3 is 2.44 bits per heavy atom. The zero-order chi connectivity index (χ0) is 13.4. The highest BCUT2D eigenvalue weighted by Crippen LogP contribution is 2.07. The molecule has 104 valence electrons. The van der Waals surface area contributed by atoms with Gasteiger partial charge in [0.2, 0.25) is 11.8 Å². The van der Waals surface area contributed by atoms with Crippen LogP contribution in [0.5, 0.6) is 0 Å². The standard InChI is InChI=1S/C13H25N3O2/c1-3-11(2)14-9-12(17)15-10-13(18)16-7-5-4-6-8-16/h11,14H,3-10H2,1-2H3,(H,15,17). The molecule has 2 amide bonds. The molecule has 5 nitrogen and oxygen atoms in total. The lowest BCUT2D eigenvalue weighted by Crippen LogP contribution is -2.45. The van der Waals surface area contributed by atoms with E-state index in [1.165, 1.54) is 6.42 Å². The van der Waals surface area contributed by atoms with Crippen molar-refractivity contribution in [2.75, 3.05) is 26.2 Å². The van der Waals surface area contributed by atoms with Crippen molar-refractivity contribution in [2.24, 2.45) is 0 Å². The van der Waals surface area contributed by atoms with Gasteiger partial charge in [0.05, 0.1) is 13.1 Å². The van der Waals surface area contributed by atoms with E-state index in [-0.39, 0.29) is 24.9 Å². The van der Waals surface area contributed by atoms with Crippen LogP contribution in [0.4, 0.5) is 0 Å². The lowest BCUT2D eigenvalue weighted by molar-refractivity contribution is -0.133. The normalized spacial score (nSPS) is 17.3. The van der Waals surface area contributed by atoms with Crippen molar-refractivity contribution < 1.29 is 9.59 Å². The summed E-state index contributed by atoms with van der Waals surface area (Å²) in [6.07, 6.45) is 4.35. The molecule has 5 heteroatoms. The van der Waals surface area contributed by atoms with E-state index in [1.807, 2.05) is 11.8 Å². The molecule has 0 saturated carbocycles. The third kappa shape index (κ3) is 5.49. The molecule has 0 bridgehead atoms. The van der Waals surface area contributed by atoms with Gasteiger partial charge in [0.1, 0.15) is 0 Å². The fourth-order valence-corrected chi connectivity index (χ4v) is 1.90. The first-order valence-corrected chi connectivity index (χ1v) is 6.91. The Balaban J connectivity index is 2.15. The third-order valence-corrected chi connectivity index (χ3v) is 3.37. The Hall–Kier alpha value is -1.10. The average Bonchev–Trinajstić information content (AvgIpc) is 2.42. The molecule has 1 unspecified atom stereocenters. The number of likely N-dealkylation sites (tertiary alicyclic amines) is 1. The fourth-order valence-electron chi connectivity index (χ4n) is 1.90. The van der Waals surface area contributed by atoms with Crippen LogP contribution in [-0.2, 0) is 9.59 Å². The van der Waals surface area contributed by atoms with Gasteiger partial charge in [-0.05, 0) is 32.6 Å². The van der Waals surface area contributed by atoms with E-state index in [4.69, 9.17) is 0 Å². The predicted octanol–water partition coefficient (Wildman–Crippen LogP) is 0.503. The minimum Gasteiger partial charge on any atom is -0.346 e. The number of hydrogen-bond donors (Lipinski definition) is 2. The summed E-state index contributed by atoms with van der Waals surface area (Å²) in [6.45, 7) is 6.17. The maximum absolute atomic E-state index is 11.8. The van der Waals surface area contributed by atoms with Gasteiger partial charge >= 0.3 is 0 Å². The number of nitrogens with one attached hydrogen (secondary N) is 2. The second kappa shape index (κ2) is 8.08. The van der Waals surface area contributed by atoms with E-state index >= 15 is 0 Å². The highest BCUT2D eigenvalue weighted by molar-refractivity contribution is 5.85. The van der Waals surface area contributed by atoms with Crippen molar-refractivity contribution in [3.05, 3.63) is 0 Å². The Labute approximate surface area is 109 Å². The molecule has 0 radical (unpaired) electrons. The van der Waals surface area contributed by atoms with Crippen molar-refractivity contribution in [1.82, 2.24) is 15.5 Å². The number of piperidine rings is 1. The number of carbonyl (C=O) groups excluding carboxylic acids is 2. The lowest BCUT2D eigenvalue weighted by atomic mass is 10.1. The number of amides is 2. The Morgan fingerprint density at radius 1 is 1.17 bits per heavy atom. The maximum atomic E-state index is 11.8. The Kier molecular flexibility index (Phi) is 6.72. The van der Waals surface area contributed by atoms with Crippen LogP contribution in [-0.4, -0.2) is 48.9 Å². The molecule has 1 heterocycles. The van der Waals surface area contributed by atoms with Crippen LogP contribution >= 0.6 is 0 Å². The highest BCUT2D eigenvalue weighted by Gasteiger charge is 2.16. The summed E-state index contributed by atoms with van der Waals surface area (Å²) in [5.74, 6) is -0.0766. The van der Waals surface area contributed by atoms with Crippen LogP contribution in [0, 0.1) is 0 Å². The number of hydrogen-bond acceptors (Lipinski definition) is 3. The van der Waals surface area contributed by atoms with Gasteiger partial charge in [-0.25, -0.2) is 0 Å². The van der Waals surface area contributed by atoms with E-state index in [0.717, 1.165) is 32.4 Å². The summed E-state index contributed by atoms with van der Waals surface area (Å²) in [5, 5.41) is 5.76. The van der Waals surface area contributed by atoms with Gasteiger partial charge in [-0.15, -0.1) is 0 Å². The van der Waals surface area contributed by atoms with E-state index < -0.39 is 0 Å². The van der Waals surface area contributed by atoms with Crippen LogP contribution in [0.15, 0.2) is 0 Å². The summed E-state index contributed by atoms with van der Waals surface area (Å²) < 4.78 is 0. The summed E-state index contributed by atoms with van der Waals surface area (Å²) in [4.78, 5) is 25.1. The van der Waals surface area contributed by atoms with Crippen LogP contribution in [0.2, 0.25) is 0 Å². The molecule has 1 rings (SSSR count). The van der Waals surface area contributed by atoms with Gasteiger partial charge in [0.25, 0.3) is 0 Å². The molecular formula is C13H25N3O2. The molecule has 1 aliphatic heterocycles. The highest BCUT2D eigenvalue weighted by atomic mass is 16.2. The molecule has 0 aromatic carbocycles. The lowest BCUT2D eigenvalue weighted by Gasteiger charge is -2.26. The zero-order valence-electron chi connectivity index (χ0n) is 11.5. The van der Waals surface area contributed by atoms with E-state index in [1.54, 1.807) is 0 Å². The molecule has 1 atom stereocenters. The first kappa shape index (κ1) is 15.0. The van der Waals surface area contributed by atoms with Gasteiger partial charge in [-0.3, -0.25) is 9.59 Å². The van der Waals surface area contributed by atoms with Gasteiger partial charge < -0.3 is 15.5 Å². The van der Waals surface area contributed by atoms with Crippen LogP contribution in [0.3, 0.4) is 0 Å². The smallest absolute Gasteiger partial charge is 0.241 e. The molecule has 0 aliphatic carbocycles. The van der Waals surface area contributed by atoms with Crippen LogP contribution in [0.1, 0.15) is 39.5 Å². The minimum absolute atomic E-state index is 0.0339. The Bertz CT molecular complexity index is 275. The van der Waals surface area contributed by atoms with Crippen LogP contribution in [0.25, 0.3) is 0 Å². The molecule has 1 aliphatic rings. The molecule has 0 spiro atoms. The molecule has 2 N–H and O–H groups in total. The van der Waals surface area contributed by atoms with Gasteiger partial charge in [-0.1, -0.05) is 6.92 Å². The summed E-state index contributed by atoms with van der Waals surface area (Å²) in [7, 11) is 0. The molecule has 1 saturated heterocycles. The second-order valence-electron chi connectivity index (χ2n) is 4.91. The number of nitrogens with zero attached hydrogens (tertiary/aromatic N) is 1.